The van der Waals surface area contributed by atoms with Crippen molar-refractivity contribution in [2.45, 2.75) is 12.7 Å². The lowest BCUT2D eigenvalue weighted by molar-refractivity contribution is -0.137. The fourth-order valence-electron chi connectivity index (χ4n) is 3.61. The molecule has 34 heavy (non-hydrogen) atoms. The average Bonchev–Trinajstić information content (AvgIpc) is 2.85. The van der Waals surface area contributed by atoms with Crippen LogP contribution >= 0.6 is 0 Å². The Morgan fingerprint density at radius 1 is 1.06 bits per heavy atom. The number of hydrogen-bond acceptors (Lipinski definition) is 6. The van der Waals surface area contributed by atoms with Gasteiger partial charge in [0.15, 0.2) is 0 Å². The van der Waals surface area contributed by atoms with Crippen LogP contribution in [-0.2, 0) is 17.5 Å². The van der Waals surface area contributed by atoms with Crippen molar-refractivity contribution in [3.05, 3.63) is 77.7 Å². The van der Waals surface area contributed by atoms with Gasteiger partial charge in [-0.3, -0.25) is 4.79 Å². The third kappa shape index (κ3) is 5.82. The van der Waals surface area contributed by atoms with Crippen LogP contribution in [0.2, 0.25) is 0 Å². The molecule has 1 saturated heterocycles. The Morgan fingerprint density at radius 2 is 1.74 bits per heavy atom. The predicted octanol–water partition coefficient (Wildman–Crippen LogP) is 4.22. The molecule has 0 radical (unpaired) electrons. The first-order valence-corrected chi connectivity index (χ1v) is 10.7. The number of carbonyl (C=O) groups is 1. The molecule has 178 valence electrons. The van der Waals surface area contributed by atoms with Crippen LogP contribution in [0.25, 0.3) is 0 Å². The second kappa shape index (κ2) is 10.1. The van der Waals surface area contributed by atoms with Crippen LogP contribution < -0.4 is 15.1 Å². The Morgan fingerprint density at radius 3 is 2.38 bits per heavy atom. The molecule has 0 atom stereocenters. The number of nitrogens with zero attached hydrogens (tertiary/aromatic N) is 4. The highest BCUT2D eigenvalue weighted by Gasteiger charge is 2.30. The topological polar surface area (TPSA) is 70.6 Å². The third-order valence-electron chi connectivity index (χ3n) is 5.48. The van der Waals surface area contributed by atoms with E-state index in [9.17, 15) is 18.0 Å². The Labute approximate surface area is 195 Å². The summed E-state index contributed by atoms with van der Waals surface area (Å²) in [6, 6.07) is 14.1. The van der Waals surface area contributed by atoms with Crippen LogP contribution in [0.5, 0.6) is 0 Å². The highest BCUT2D eigenvalue weighted by atomic mass is 19.4. The smallest absolute Gasteiger partial charge is 0.378 e. The molecule has 2 aromatic carbocycles. The first kappa shape index (κ1) is 23.5. The van der Waals surface area contributed by atoms with Crippen molar-refractivity contribution in [3.63, 3.8) is 0 Å². The number of hydrogen-bond donors (Lipinski definition) is 1. The number of carbonyl (C=O) groups excluding carboxylic acids is 1. The number of anilines is 3. The Balaban J connectivity index is 1.38. The maximum Gasteiger partial charge on any atom is 0.416 e. The van der Waals surface area contributed by atoms with Gasteiger partial charge in [-0.05, 0) is 42.0 Å². The Bertz CT molecular complexity index is 1110. The van der Waals surface area contributed by atoms with Crippen molar-refractivity contribution in [2.75, 3.05) is 48.5 Å². The maximum atomic E-state index is 12.8. The van der Waals surface area contributed by atoms with Crippen LogP contribution in [0.1, 0.15) is 21.6 Å². The van der Waals surface area contributed by atoms with Gasteiger partial charge in [0.2, 0.25) is 0 Å². The number of benzene rings is 2. The highest BCUT2D eigenvalue weighted by Crippen LogP contribution is 2.29. The maximum absolute atomic E-state index is 12.8. The number of rotatable bonds is 6. The molecule has 1 aliphatic rings. The highest BCUT2D eigenvalue weighted by molar-refractivity contribution is 6.03. The van der Waals surface area contributed by atoms with Crippen LogP contribution in [0.4, 0.5) is 30.4 Å². The van der Waals surface area contributed by atoms with Gasteiger partial charge in [0.1, 0.15) is 17.8 Å². The standard InChI is InChI=1S/C24H24F3N5O2/c1-31(15-17-2-4-18(5-3-17)24(25,26)27)22-14-21(28-16-29-22)23(33)30-19-6-8-20(9-7-19)32-10-12-34-13-11-32/h2-9,14,16H,10-13,15H2,1H3,(H,30,33). The monoisotopic (exact) mass is 471 g/mol. The largest absolute Gasteiger partial charge is 0.416 e. The molecule has 7 nitrogen and oxygen atoms in total. The van der Waals surface area contributed by atoms with Crippen molar-refractivity contribution >= 4 is 23.1 Å². The molecule has 4 rings (SSSR count). The van der Waals surface area contributed by atoms with E-state index in [0.717, 1.165) is 30.9 Å². The first-order chi connectivity index (χ1) is 16.3. The normalized spacial score (nSPS) is 14.1. The van der Waals surface area contributed by atoms with E-state index in [4.69, 9.17) is 4.74 Å². The van der Waals surface area contributed by atoms with Crippen LogP contribution in [0.15, 0.2) is 60.9 Å². The first-order valence-electron chi connectivity index (χ1n) is 10.7. The lowest BCUT2D eigenvalue weighted by Gasteiger charge is -2.28. The van der Waals surface area contributed by atoms with Crippen LogP contribution in [0.3, 0.4) is 0 Å². The van der Waals surface area contributed by atoms with Gasteiger partial charge in [-0.1, -0.05) is 12.1 Å². The Hall–Kier alpha value is -3.66. The zero-order valence-electron chi connectivity index (χ0n) is 18.5. The second-order valence-electron chi connectivity index (χ2n) is 7.91. The van der Waals surface area contributed by atoms with E-state index in [0.29, 0.717) is 36.8 Å². The molecule has 1 amide bonds. The zero-order valence-corrected chi connectivity index (χ0v) is 18.5. The number of amides is 1. The minimum atomic E-state index is -4.37. The third-order valence-corrected chi connectivity index (χ3v) is 5.48. The van der Waals surface area contributed by atoms with Gasteiger partial charge in [-0.15, -0.1) is 0 Å². The van der Waals surface area contributed by atoms with Gasteiger partial charge in [-0.2, -0.15) is 13.2 Å². The number of nitrogens with one attached hydrogen (secondary N) is 1. The predicted molar refractivity (Wildman–Crippen MR) is 123 cm³/mol. The number of morpholine rings is 1. The fourth-order valence-corrected chi connectivity index (χ4v) is 3.61. The summed E-state index contributed by atoms with van der Waals surface area (Å²) in [6.07, 6.45) is -3.09. The molecular formula is C24H24F3N5O2. The minimum absolute atomic E-state index is 0.182. The lowest BCUT2D eigenvalue weighted by atomic mass is 10.1. The van der Waals surface area contributed by atoms with E-state index in [1.165, 1.54) is 18.5 Å². The molecule has 0 unspecified atom stereocenters. The second-order valence-corrected chi connectivity index (χ2v) is 7.91. The van der Waals surface area contributed by atoms with E-state index in [2.05, 4.69) is 20.2 Å². The lowest BCUT2D eigenvalue weighted by Crippen LogP contribution is -2.36. The van der Waals surface area contributed by atoms with Crippen LogP contribution in [-0.4, -0.2) is 49.2 Å². The van der Waals surface area contributed by atoms with E-state index in [1.807, 2.05) is 24.3 Å². The summed E-state index contributed by atoms with van der Waals surface area (Å²) in [7, 11) is 1.74. The molecule has 1 aliphatic heterocycles. The molecule has 0 aliphatic carbocycles. The number of aromatic nitrogens is 2. The van der Waals surface area contributed by atoms with E-state index < -0.39 is 11.7 Å². The summed E-state index contributed by atoms with van der Waals surface area (Å²) in [4.78, 5) is 24.9. The molecule has 3 aromatic rings. The summed E-state index contributed by atoms with van der Waals surface area (Å²) < 4.78 is 43.6. The quantitative estimate of drug-likeness (QED) is 0.581. The molecule has 1 aromatic heterocycles. The molecule has 1 N–H and O–H groups in total. The molecule has 1 fully saturated rings. The van der Waals surface area contributed by atoms with Crippen molar-refractivity contribution in [1.29, 1.82) is 0 Å². The van der Waals surface area contributed by atoms with Crippen molar-refractivity contribution in [2.24, 2.45) is 0 Å². The summed E-state index contributed by atoms with van der Waals surface area (Å²) in [6.45, 7) is 3.37. The molecule has 0 bridgehead atoms. The summed E-state index contributed by atoms with van der Waals surface area (Å²) in [5.41, 5.74) is 1.87. The van der Waals surface area contributed by atoms with Gasteiger partial charge in [-0.25, -0.2) is 9.97 Å². The number of alkyl halides is 3. The molecule has 2 heterocycles. The van der Waals surface area contributed by atoms with Crippen molar-refractivity contribution < 1.29 is 22.7 Å². The number of ether oxygens (including phenoxy) is 1. The zero-order chi connectivity index (χ0) is 24.1. The summed E-state index contributed by atoms with van der Waals surface area (Å²) in [5.74, 6) is 0.0911. The van der Waals surface area contributed by atoms with Gasteiger partial charge in [0, 0.05) is 44.1 Å². The minimum Gasteiger partial charge on any atom is -0.378 e. The molecular weight excluding hydrogens is 447 g/mol. The van der Waals surface area contributed by atoms with Gasteiger partial charge >= 0.3 is 6.18 Å². The summed E-state index contributed by atoms with van der Waals surface area (Å²) >= 11 is 0. The molecule has 0 spiro atoms. The average molecular weight is 471 g/mol. The van der Waals surface area contributed by atoms with Gasteiger partial charge in [0.05, 0.1) is 18.8 Å². The van der Waals surface area contributed by atoms with E-state index in [-0.39, 0.29) is 11.6 Å². The number of halogens is 3. The van der Waals surface area contributed by atoms with Crippen LogP contribution in [0, 0.1) is 0 Å². The van der Waals surface area contributed by atoms with E-state index in [1.54, 1.807) is 18.0 Å². The van der Waals surface area contributed by atoms with Crippen molar-refractivity contribution in [3.8, 4) is 0 Å². The Kier molecular flexibility index (Phi) is 6.97. The fraction of sp³-hybridized carbons (Fsp3) is 0.292. The molecule has 10 heteroatoms. The van der Waals surface area contributed by atoms with Gasteiger partial charge in [0.25, 0.3) is 5.91 Å². The van der Waals surface area contributed by atoms with E-state index >= 15 is 0 Å². The molecule has 0 saturated carbocycles. The van der Waals surface area contributed by atoms with Crippen molar-refractivity contribution in [1.82, 2.24) is 9.97 Å². The SMILES string of the molecule is CN(Cc1ccc(C(F)(F)F)cc1)c1cc(C(=O)Nc2ccc(N3CCOCC3)cc2)ncn1. The van der Waals surface area contributed by atoms with Gasteiger partial charge < -0.3 is 19.9 Å². The summed E-state index contributed by atoms with van der Waals surface area (Å²) in [5, 5.41) is 2.83.